The van der Waals surface area contributed by atoms with Gasteiger partial charge in [0.15, 0.2) is 0 Å². The lowest BCUT2D eigenvalue weighted by Crippen LogP contribution is -2.46. The monoisotopic (exact) mass is 456 g/mol. The first-order valence-corrected chi connectivity index (χ1v) is 12.2. The second kappa shape index (κ2) is 9.71. The van der Waals surface area contributed by atoms with Gasteiger partial charge in [-0.25, -0.2) is 14.2 Å². The first-order chi connectivity index (χ1) is 15.9. The number of carbonyl (C=O) groups is 2. The molecule has 1 aromatic heterocycles. The topological polar surface area (TPSA) is 85.6 Å². The number of nitrogens with zero attached hydrogens (tertiary/aromatic N) is 3. The Hall–Kier alpha value is -2.61. The van der Waals surface area contributed by atoms with Crippen molar-refractivity contribution in [2.45, 2.75) is 58.4 Å². The average molecular weight is 457 g/mol. The molecule has 8 heteroatoms. The maximum absolute atomic E-state index is 13.0. The zero-order valence-corrected chi connectivity index (χ0v) is 20.0. The lowest BCUT2D eigenvalue weighted by Gasteiger charge is -2.37. The molecule has 2 aliphatic rings. The average Bonchev–Trinajstić information content (AvgIpc) is 3.40. The highest BCUT2D eigenvalue weighted by molar-refractivity contribution is 5.89. The fourth-order valence-corrected chi connectivity index (χ4v) is 5.65. The standard InChI is InChI=1S/C25H36N4O4/c1-18(2)28-20-8-4-5-9-21(20)29(24(28)32)23(31)26-16-19-10-14-27(15-11-19)17-25(22(30)33-3)12-6-7-13-25/h4-5,8-9,18-19H,6-7,10-17H2,1-3H3,(H,26,31). The molecule has 1 N–H and O–H groups in total. The zero-order valence-electron chi connectivity index (χ0n) is 20.0. The minimum Gasteiger partial charge on any atom is -0.469 e. The number of rotatable bonds is 6. The van der Waals surface area contributed by atoms with E-state index in [1.807, 2.05) is 38.1 Å². The quantitative estimate of drug-likeness (QED) is 0.674. The molecule has 2 fully saturated rings. The van der Waals surface area contributed by atoms with Gasteiger partial charge in [0.1, 0.15) is 0 Å². The summed E-state index contributed by atoms with van der Waals surface area (Å²) in [6.07, 6.45) is 5.91. The SMILES string of the molecule is COC(=O)C1(CN2CCC(CNC(=O)n3c(=O)n(C(C)C)c4ccccc43)CC2)CCCC1. The third-order valence-corrected chi connectivity index (χ3v) is 7.45. The van der Waals surface area contributed by atoms with E-state index in [4.69, 9.17) is 4.74 Å². The molecule has 1 aliphatic heterocycles. The summed E-state index contributed by atoms with van der Waals surface area (Å²) in [5.41, 5.74) is 0.755. The van der Waals surface area contributed by atoms with E-state index in [1.54, 1.807) is 4.57 Å². The van der Waals surface area contributed by atoms with Crippen LogP contribution in [-0.2, 0) is 9.53 Å². The largest absolute Gasteiger partial charge is 0.469 e. The molecule has 33 heavy (non-hydrogen) atoms. The van der Waals surface area contributed by atoms with Crippen molar-refractivity contribution in [2.24, 2.45) is 11.3 Å². The van der Waals surface area contributed by atoms with Crippen molar-refractivity contribution >= 4 is 23.0 Å². The highest BCUT2D eigenvalue weighted by Crippen LogP contribution is 2.40. The molecule has 0 unspecified atom stereocenters. The second-order valence-corrected chi connectivity index (χ2v) is 9.96. The van der Waals surface area contributed by atoms with Gasteiger partial charge in [-0.05, 0) is 70.7 Å². The number of aromatic nitrogens is 2. The lowest BCUT2D eigenvalue weighted by atomic mass is 9.84. The van der Waals surface area contributed by atoms with Crippen LogP contribution in [0.3, 0.4) is 0 Å². The molecule has 1 amide bonds. The van der Waals surface area contributed by atoms with Gasteiger partial charge in [0.2, 0.25) is 0 Å². The molecule has 2 aromatic rings. The van der Waals surface area contributed by atoms with Gasteiger partial charge in [-0.2, -0.15) is 0 Å². The van der Waals surface area contributed by atoms with Crippen LogP contribution in [0.2, 0.25) is 0 Å². The van der Waals surface area contributed by atoms with Crippen LogP contribution in [0, 0.1) is 11.3 Å². The van der Waals surface area contributed by atoms with Gasteiger partial charge in [-0.15, -0.1) is 0 Å². The number of ether oxygens (including phenoxy) is 1. The Labute approximate surface area is 194 Å². The van der Waals surface area contributed by atoms with E-state index in [-0.39, 0.29) is 29.1 Å². The molecule has 1 saturated heterocycles. The Balaban J connectivity index is 1.35. The van der Waals surface area contributed by atoms with Gasteiger partial charge in [0.05, 0.1) is 23.6 Å². The van der Waals surface area contributed by atoms with Crippen molar-refractivity contribution in [3.63, 3.8) is 0 Å². The number of piperidine rings is 1. The number of para-hydroxylation sites is 2. The number of hydrogen-bond donors (Lipinski definition) is 1. The number of likely N-dealkylation sites (tertiary alicyclic amines) is 1. The summed E-state index contributed by atoms with van der Waals surface area (Å²) < 4.78 is 8.04. The Bertz CT molecular complexity index is 1060. The zero-order chi connectivity index (χ0) is 23.6. The van der Waals surface area contributed by atoms with E-state index in [1.165, 1.54) is 11.7 Å². The Kier molecular flexibility index (Phi) is 6.93. The van der Waals surface area contributed by atoms with Crippen LogP contribution in [0.5, 0.6) is 0 Å². The van der Waals surface area contributed by atoms with Gasteiger partial charge in [0.25, 0.3) is 0 Å². The molecule has 0 bridgehead atoms. The lowest BCUT2D eigenvalue weighted by molar-refractivity contribution is -0.154. The van der Waals surface area contributed by atoms with Crippen LogP contribution in [0.25, 0.3) is 11.0 Å². The van der Waals surface area contributed by atoms with Gasteiger partial charge in [0, 0.05) is 19.1 Å². The number of imidazole rings is 1. The van der Waals surface area contributed by atoms with E-state index in [0.29, 0.717) is 18.0 Å². The Morgan fingerprint density at radius 1 is 1.12 bits per heavy atom. The van der Waals surface area contributed by atoms with Crippen LogP contribution in [0.1, 0.15) is 58.4 Å². The molecule has 1 aliphatic carbocycles. The number of amides is 1. The highest BCUT2D eigenvalue weighted by Gasteiger charge is 2.43. The van der Waals surface area contributed by atoms with Gasteiger partial charge in [-0.1, -0.05) is 25.0 Å². The van der Waals surface area contributed by atoms with Crippen molar-refractivity contribution < 1.29 is 14.3 Å². The van der Waals surface area contributed by atoms with E-state index in [0.717, 1.165) is 63.7 Å². The third kappa shape index (κ3) is 4.58. The molecule has 180 valence electrons. The number of fused-ring (bicyclic) bond motifs is 1. The molecule has 0 spiro atoms. The minimum absolute atomic E-state index is 0.0334. The summed E-state index contributed by atoms with van der Waals surface area (Å²) in [5.74, 6) is 0.289. The fourth-order valence-electron chi connectivity index (χ4n) is 5.65. The molecule has 8 nitrogen and oxygen atoms in total. The van der Waals surface area contributed by atoms with Crippen molar-refractivity contribution in [1.82, 2.24) is 19.4 Å². The van der Waals surface area contributed by atoms with Crippen LogP contribution < -0.4 is 11.0 Å². The molecule has 0 radical (unpaired) electrons. The molecule has 1 saturated carbocycles. The fraction of sp³-hybridized carbons (Fsp3) is 0.640. The molecule has 1 aromatic carbocycles. The molecule has 2 heterocycles. The number of hydrogen-bond acceptors (Lipinski definition) is 5. The van der Waals surface area contributed by atoms with Crippen LogP contribution in [0.4, 0.5) is 4.79 Å². The number of benzene rings is 1. The molecule has 4 rings (SSSR count). The molecule has 0 atom stereocenters. The summed E-state index contributed by atoms with van der Waals surface area (Å²) in [6.45, 7) is 7.02. The van der Waals surface area contributed by atoms with E-state index >= 15 is 0 Å². The normalized spacial score (nSPS) is 19.3. The summed E-state index contributed by atoms with van der Waals surface area (Å²) in [7, 11) is 1.49. The van der Waals surface area contributed by atoms with E-state index in [9.17, 15) is 14.4 Å². The summed E-state index contributed by atoms with van der Waals surface area (Å²) in [4.78, 5) is 40.7. The maximum atomic E-state index is 13.0. The Morgan fingerprint density at radius 3 is 2.36 bits per heavy atom. The van der Waals surface area contributed by atoms with Crippen LogP contribution in [0.15, 0.2) is 29.1 Å². The third-order valence-electron chi connectivity index (χ3n) is 7.45. The molecular weight excluding hydrogens is 420 g/mol. The summed E-state index contributed by atoms with van der Waals surface area (Å²) >= 11 is 0. The minimum atomic E-state index is -0.367. The van der Waals surface area contributed by atoms with Gasteiger partial charge >= 0.3 is 17.7 Å². The highest BCUT2D eigenvalue weighted by atomic mass is 16.5. The van der Waals surface area contributed by atoms with Gasteiger partial charge < -0.3 is 15.0 Å². The summed E-state index contributed by atoms with van der Waals surface area (Å²) in [5, 5.41) is 2.99. The predicted molar refractivity (Wildman–Crippen MR) is 127 cm³/mol. The van der Waals surface area contributed by atoms with E-state index in [2.05, 4.69) is 10.2 Å². The second-order valence-electron chi connectivity index (χ2n) is 9.96. The van der Waals surface area contributed by atoms with E-state index < -0.39 is 0 Å². The summed E-state index contributed by atoms with van der Waals surface area (Å²) in [6, 6.07) is 7.02. The first kappa shape index (κ1) is 23.5. The number of carbonyl (C=O) groups excluding carboxylic acids is 2. The Morgan fingerprint density at radius 2 is 1.76 bits per heavy atom. The predicted octanol–water partition coefficient (Wildman–Crippen LogP) is 3.39. The van der Waals surface area contributed by atoms with Crippen molar-refractivity contribution in [3.05, 3.63) is 34.7 Å². The van der Waals surface area contributed by atoms with Crippen molar-refractivity contribution in [3.8, 4) is 0 Å². The van der Waals surface area contributed by atoms with Crippen LogP contribution in [-0.4, -0.2) is 59.3 Å². The number of esters is 1. The van der Waals surface area contributed by atoms with Gasteiger partial charge in [-0.3, -0.25) is 9.36 Å². The first-order valence-electron chi connectivity index (χ1n) is 12.2. The van der Waals surface area contributed by atoms with Crippen molar-refractivity contribution in [1.29, 1.82) is 0 Å². The van der Waals surface area contributed by atoms with Crippen molar-refractivity contribution in [2.75, 3.05) is 33.3 Å². The number of nitrogens with one attached hydrogen (secondary N) is 1. The number of methoxy groups -OCH3 is 1. The smallest absolute Gasteiger partial charge is 0.337 e. The van der Waals surface area contributed by atoms with Crippen LogP contribution >= 0.6 is 0 Å². The maximum Gasteiger partial charge on any atom is 0.337 e. The molecular formula is C25H36N4O4.